The predicted molar refractivity (Wildman–Crippen MR) is 113 cm³/mol. The molecule has 5 nitrogen and oxygen atoms in total. The van der Waals surface area contributed by atoms with E-state index in [0.29, 0.717) is 28.6 Å². The second kappa shape index (κ2) is 8.93. The molecule has 0 unspecified atom stereocenters. The van der Waals surface area contributed by atoms with Crippen LogP contribution in [-0.2, 0) is 4.74 Å². The molecule has 0 amide bonds. The summed E-state index contributed by atoms with van der Waals surface area (Å²) >= 11 is 6.30. The van der Waals surface area contributed by atoms with Gasteiger partial charge in [0.25, 0.3) is 0 Å². The van der Waals surface area contributed by atoms with E-state index in [4.69, 9.17) is 21.1 Å². The number of esters is 1. The molecule has 0 saturated heterocycles. The van der Waals surface area contributed by atoms with Crippen LogP contribution in [0.2, 0.25) is 5.02 Å². The minimum Gasteiger partial charge on any atom is -0.491 e. The van der Waals surface area contributed by atoms with Crippen LogP contribution in [-0.4, -0.2) is 24.2 Å². The molecule has 0 saturated carbocycles. The molecule has 0 aliphatic carbocycles. The Hall–Kier alpha value is -2.79. The molecule has 146 valence electrons. The third kappa shape index (κ3) is 4.20. The number of para-hydroxylation sites is 2. The van der Waals surface area contributed by atoms with E-state index in [1.54, 1.807) is 19.2 Å². The second-order valence-electron chi connectivity index (χ2n) is 6.36. The van der Waals surface area contributed by atoms with E-state index in [1.165, 1.54) is 0 Å². The zero-order chi connectivity index (χ0) is 20.1. The van der Waals surface area contributed by atoms with Gasteiger partial charge in [-0.3, -0.25) is 4.98 Å². The molecule has 0 fully saturated rings. The highest BCUT2D eigenvalue weighted by atomic mass is 35.5. The van der Waals surface area contributed by atoms with Crippen LogP contribution in [0, 0.1) is 6.92 Å². The van der Waals surface area contributed by atoms with Gasteiger partial charge in [0.2, 0.25) is 0 Å². The van der Waals surface area contributed by atoms with Crippen molar-refractivity contribution in [3.8, 4) is 5.75 Å². The summed E-state index contributed by atoms with van der Waals surface area (Å²) in [6, 6.07) is 11.3. The largest absolute Gasteiger partial charge is 0.491 e. The summed E-state index contributed by atoms with van der Waals surface area (Å²) in [5.41, 5.74) is 3.40. The highest BCUT2D eigenvalue weighted by Gasteiger charge is 2.19. The number of rotatable bonds is 7. The molecule has 2 aromatic carbocycles. The second-order valence-corrected chi connectivity index (χ2v) is 6.79. The van der Waals surface area contributed by atoms with E-state index in [1.807, 2.05) is 37.3 Å². The average molecular weight is 399 g/mol. The first-order valence-electron chi connectivity index (χ1n) is 9.30. The Morgan fingerprint density at radius 1 is 1.21 bits per heavy atom. The molecule has 1 N–H and O–H groups in total. The molecule has 3 aromatic rings. The molecule has 0 aliphatic heterocycles. The normalized spacial score (nSPS) is 10.7. The molecule has 1 heterocycles. The number of pyridine rings is 1. The van der Waals surface area contributed by atoms with Gasteiger partial charge in [0, 0.05) is 16.6 Å². The SMILES string of the molecule is CCCOc1ccccc1Nc1c(C(=O)OCC)cnc2c(C)cc(Cl)cc12. The highest BCUT2D eigenvalue weighted by molar-refractivity contribution is 6.31. The topological polar surface area (TPSA) is 60.5 Å². The monoisotopic (exact) mass is 398 g/mol. The van der Waals surface area contributed by atoms with Crippen LogP contribution in [0.25, 0.3) is 10.9 Å². The number of halogens is 1. The Morgan fingerprint density at radius 2 is 2.00 bits per heavy atom. The first-order valence-corrected chi connectivity index (χ1v) is 9.67. The number of aromatic nitrogens is 1. The number of hydrogen-bond acceptors (Lipinski definition) is 5. The molecule has 0 bridgehead atoms. The number of ether oxygens (including phenoxy) is 2. The van der Waals surface area contributed by atoms with Crippen molar-refractivity contribution < 1.29 is 14.3 Å². The molecule has 1 aromatic heterocycles. The fourth-order valence-electron chi connectivity index (χ4n) is 2.98. The number of nitrogens with zero attached hydrogens (tertiary/aromatic N) is 1. The van der Waals surface area contributed by atoms with Crippen molar-refractivity contribution in [2.75, 3.05) is 18.5 Å². The van der Waals surface area contributed by atoms with Gasteiger partial charge in [-0.1, -0.05) is 30.7 Å². The molecular formula is C22H23ClN2O3. The highest BCUT2D eigenvalue weighted by Crippen LogP contribution is 2.36. The Kier molecular flexibility index (Phi) is 6.37. The van der Waals surface area contributed by atoms with E-state index in [9.17, 15) is 4.79 Å². The lowest BCUT2D eigenvalue weighted by molar-refractivity contribution is 0.0527. The fourth-order valence-corrected chi connectivity index (χ4v) is 3.25. The van der Waals surface area contributed by atoms with Crippen molar-refractivity contribution in [2.24, 2.45) is 0 Å². The number of carbonyl (C=O) groups excluding carboxylic acids is 1. The number of hydrogen-bond donors (Lipinski definition) is 1. The van der Waals surface area contributed by atoms with Crippen LogP contribution in [0.1, 0.15) is 36.2 Å². The Balaban J connectivity index is 2.17. The number of fused-ring (bicyclic) bond motifs is 1. The van der Waals surface area contributed by atoms with Crippen molar-refractivity contribution in [2.45, 2.75) is 27.2 Å². The van der Waals surface area contributed by atoms with Crippen molar-refractivity contribution in [3.63, 3.8) is 0 Å². The van der Waals surface area contributed by atoms with Gasteiger partial charge in [0.05, 0.1) is 30.1 Å². The molecular weight excluding hydrogens is 376 g/mol. The molecule has 0 atom stereocenters. The summed E-state index contributed by atoms with van der Waals surface area (Å²) in [4.78, 5) is 17.0. The Bertz CT molecular complexity index is 1000. The minimum absolute atomic E-state index is 0.279. The van der Waals surface area contributed by atoms with Crippen molar-refractivity contribution in [1.29, 1.82) is 0 Å². The Morgan fingerprint density at radius 3 is 2.75 bits per heavy atom. The number of nitrogens with one attached hydrogen (secondary N) is 1. The smallest absolute Gasteiger partial charge is 0.341 e. The van der Waals surface area contributed by atoms with Gasteiger partial charge < -0.3 is 14.8 Å². The van der Waals surface area contributed by atoms with Crippen LogP contribution < -0.4 is 10.1 Å². The Labute approximate surface area is 169 Å². The van der Waals surface area contributed by atoms with Gasteiger partial charge in [-0.25, -0.2) is 4.79 Å². The molecule has 0 radical (unpaired) electrons. The molecule has 6 heteroatoms. The van der Waals surface area contributed by atoms with Gasteiger partial charge in [0.15, 0.2) is 0 Å². The summed E-state index contributed by atoms with van der Waals surface area (Å²) in [7, 11) is 0. The fraction of sp³-hybridized carbons (Fsp3) is 0.273. The van der Waals surface area contributed by atoms with Crippen molar-refractivity contribution >= 4 is 39.8 Å². The number of carbonyl (C=O) groups is 1. The maximum atomic E-state index is 12.6. The summed E-state index contributed by atoms with van der Waals surface area (Å²) in [6.45, 7) is 6.64. The van der Waals surface area contributed by atoms with Crippen molar-refractivity contribution in [1.82, 2.24) is 4.98 Å². The average Bonchev–Trinajstić information content (AvgIpc) is 2.67. The quantitative estimate of drug-likeness (QED) is 0.501. The first-order chi connectivity index (χ1) is 13.5. The zero-order valence-corrected chi connectivity index (χ0v) is 17.0. The predicted octanol–water partition coefficient (Wildman–Crippen LogP) is 5.91. The van der Waals surface area contributed by atoms with Crippen LogP contribution in [0.15, 0.2) is 42.6 Å². The van der Waals surface area contributed by atoms with E-state index in [-0.39, 0.29) is 6.61 Å². The lowest BCUT2D eigenvalue weighted by Crippen LogP contribution is -2.10. The van der Waals surface area contributed by atoms with Gasteiger partial charge in [-0.15, -0.1) is 0 Å². The number of anilines is 2. The summed E-state index contributed by atoms with van der Waals surface area (Å²) in [6.07, 6.45) is 2.44. The number of benzene rings is 2. The van der Waals surface area contributed by atoms with E-state index >= 15 is 0 Å². The standard InChI is InChI=1S/C22H23ClN2O3/c1-4-10-28-19-9-7-6-8-18(19)25-21-16-12-15(23)11-14(3)20(16)24-13-17(21)22(26)27-5-2/h6-9,11-13H,4-5,10H2,1-3H3,(H,24,25). The maximum absolute atomic E-state index is 12.6. The summed E-state index contributed by atoms with van der Waals surface area (Å²) < 4.78 is 11.1. The van der Waals surface area contributed by atoms with Gasteiger partial charge in [0.1, 0.15) is 11.3 Å². The van der Waals surface area contributed by atoms with Crippen LogP contribution in [0.3, 0.4) is 0 Å². The third-order valence-electron chi connectivity index (χ3n) is 4.23. The van der Waals surface area contributed by atoms with Crippen LogP contribution in [0.5, 0.6) is 5.75 Å². The summed E-state index contributed by atoms with van der Waals surface area (Å²) in [5, 5.41) is 4.69. The van der Waals surface area contributed by atoms with Gasteiger partial charge >= 0.3 is 5.97 Å². The number of aryl methyl sites for hydroxylation is 1. The third-order valence-corrected chi connectivity index (χ3v) is 4.45. The molecule has 0 aliphatic rings. The first kappa shape index (κ1) is 20.0. The lowest BCUT2D eigenvalue weighted by Gasteiger charge is -2.17. The zero-order valence-electron chi connectivity index (χ0n) is 16.2. The van der Waals surface area contributed by atoms with Crippen LogP contribution in [0.4, 0.5) is 11.4 Å². The van der Waals surface area contributed by atoms with Gasteiger partial charge in [-0.05, 0) is 50.1 Å². The van der Waals surface area contributed by atoms with E-state index in [2.05, 4.69) is 17.2 Å². The molecule has 0 spiro atoms. The molecule has 3 rings (SSSR count). The van der Waals surface area contributed by atoms with Gasteiger partial charge in [-0.2, -0.15) is 0 Å². The minimum atomic E-state index is -0.441. The molecule has 28 heavy (non-hydrogen) atoms. The lowest BCUT2D eigenvalue weighted by atomic mass is 10.1. The van der Waals surface area contributed by atoms with E-state index < -0.39 is 5.97 Å². The maximum Gasteiger partial charge on any atom is 0.341 e. The van der Waals surface area contributed by atoms with E-state index in [0.717, 1.165) is 28.6 Å². The van der Waals surface area contributed by atoms with Crippen molar-refractivity contribution in [3.05, 3.63) is 58.7 Å². The van der Waals surface area contributed by atoms with Crippen LogP contribution >= 0.6 is 11.6 Å². The summed E-state index contributed by atoms with van der Waals surface area (Å²) in [5.74, 6) is 0.270.